The molecule has 0 saturated carbocycles. The molecular formula is C15H23N3O3. The number of nitrogens with one attached hydrogen (secondary N) is 1. The van der Waals surface area contributed by atoms with E-state index in [1.165, 1.54) is 7.11 Å². The molecule has 0 bridgehead atoms. The van der Waals surface area contributed by atoms with Gasteiger partial charge in [0, 0.05) is 12.6 Å². The Kier molecular flexibility index (Phi) is 4.65. The molecule has 1 aromatic rings. The smallest absolute Gasteiger partial charge is 0.234 e. The molecule has 6 heteroatoms. The van der Waals surface area contributed by atoms with E-state index >= 15 is 0 Å². The van der Waals surface area contributed by atoms with Crippen molar-refractivity contribution in [2.45, 2.75) is 45.6 Å². The van der Waals surface area contributed by atoms with E-state index in [0.29, 0.717) is 12.3 Å². The van der Waals surface area contributed by atoms with Crippen molar-refractivity contribution in [1.82, 2.24) is 10.1 Å². The molecule has 6 nitrogen and oxygen atoms in total. The lowest BCUT2D eigenvalue weighted by Gasteiger charge is -2.29. The molecule has 1 aliphatic heterocycles. The van der Waals surface area contributed by atoms with E-state index in [4.69, 9.17) is 14.7 Å². The van der Waals surface area contributed by atoms with Crippen LogP contribution in [0.15, 0.2) is 10.6 Å². The Hall–Kier alpha value is -1.85. The maximum absolute atomic E-state index is 12.9. The van der Waals surface area contributed by atoms with Gasteiger partial charge in [0.15, 0.2) is 0 Å². The van der Waals surface area contributed by atoms with E-state index < -0.39 is 0 Å². The van der Waals surface area contributed by atoms with Crippen LogP contribution in [0.2, 0.25) is 0 Å². The number of carbonyl (C=O) groups excluding carboxylic acids is 1. The minimum atomic E-state index is -0.364. The molecule has 0 spiro atoms. The number of nitrogens with zero attached hydrogens (tertiary/aromatic N) is 2. The van der Waals surface area contributed by atoms with E-state index in [0.717, 1.165) is 18.5 Å². The molecule has 1 aliphatic rings. The van der Waals surface area contributed by atoms with Crippen LogP contribution in [0.25, 0.3) is 0 Å². The molecule has 0 radical (unpaired) electrons. The van der Waals surface area contributed by atoms with Crippen molar-refractivity contribution < 1.29 is 14.1 Å². The molecule has 2 unspecified atom stereocenters. The molecule has 1 N–H and O–H groups in total. The molecule has 0 aliphatic carbocycles. The highest BCUT2D eigenvalue weighted by atomic mass is 16.5. The second kappa shape index (κ2) is 6.28. The van der Waals surface area contributed by atoms with Gasteiger partial charge in [-0.2, -0.15) is 0 Å². The number of aromatic nitrogens is 1. The zero-order valence-corrected chi connectivity index (χ0v) is 13.0. The third kappa shape index (κ3) is 3.09. The lowest BCUT2D eigenvalue weighted by molar-refractivity contribution is -0.134. The van der Waals surface area contributed by atoms with Crippen molar-refractivity contribution in [1.29, 1.82) is 5.41 Å². The average molecular weight is 293 g/mol. The minimum Gasteiger partial charge on any atom is -0.483 e. The predicted molar refractivity (Wildman–Crippen MR) is 78.3 cm³/mol. The molecule has 1 amide bonds. The largest absolute Gasteiger partial charge is 0.483 e. The van der Waals surface area contributed by atoms with Gasteiger partial charge in [0.2, 0.25) is 11.8 Å². The first-order chi connectivity index (χ1) is 9.95. The number of rotatable bonds is 4. The molecule has 21 heavy (non-hydrogen) atoms. The summed E-state index contributed by atoms with van der Waals surface area (Å²) in [4.78, 5) is 14.7. The maximum atomic E-state index is 12.9. The maximum Gasteiger partial charge on any atom is 0.234 e. The summed E-state index contributed by atoms with van der Waals surface area (Å²) < 4.78 is 10.3. The fraction of sp³-hybridized carbons (Fsp3) is 0.667. The van der Waals surface area contributed by atoms with E-state index in [-0.39, 0.29) is 29.7 Å². The van der Waals surface area contributed by atoms with Gasteiger partial charge in [0.25, 0.3) is 0 Å². The first kappa shape index (κ1) is 15.5. The first-order valence-electron chi connectivity index (χ1n) is 7.31. The highest BCUT2D eigenvalue weighted by Gasteiger charge is 2.39. The number of methoxy groups -OCH3 is 1. The Labute approximate surface area is 124 Å². The van der Waals surface area contributed by atoms with E-state index in [2.05, 4.69) is 5.16 Å². The third-order valence-electron chi connectivity index (χ3n) is 3.94. The fourth-order valence-electron chi connectivity index (χ4n) is 2.88. The van der Waals surface area contributed by atoms with Crippen LogP contribution in [0, 0.1) is 18.3 Å². The van der Waals surface area contributed by atoms with E-state index in [1.54, 1.807) is 4.90 Å². The SMILES string of the molecule is COC(=N)C1CCCN1C(=O)C(c1cc(C)no1)C(C)C. The Bertz CT molecular complexity index is 524. The third-order valence-corrected chi connectivity index (χ3v) is 3.94. The summed E-state index contributed by atoms with van der Waals surface area (Å²) in [7, 11) is 1.48. The second-order valence-electron chi connectivity index (χ2n) is 5.85. The molecule has 2 heterocycles. The quantitative estimate of drug-likeness (QED) is 0.682. The van der Waals surface area contributed by atoms with Gasteiger partial charge in [-0.1, -0.05) is 19.0 Å². The van der Waals surface area contributed by atoms with Gasteiger partial charge in [-0.25, -0.2) is 0 Å². The van der Waals surface area contributed by atoms with Crippen LogP contribution in [-0.4, -0.2) is 41.6 Å². The lowest BCUT2D eigenvalue weighted by Crippen LogP contribution is -2.44. The first-order valence-corrected chi connectivity index (χ1v) is 7.31. The number of amides is 1. The monoisotopic (exact) mass is 293 g/mol. The van der Waals surface area contributed by atoms with Gasteiger partial charge in [0.05, 0.1) is 12.8 Å². The van der Waals surface area contributed by atoms with Gasteiger partial charge in [-0.15, -0.1) is 0 Å². The number of carbonyl (C=O) groups is 1. The number of hydrogen-bond acceptors (Lipinski definition) is 5. The van der Waals surface area contributed by atoms with Crippen LogP contribution in [0.1, 0.15) is 44.1 Å². The molecule has 1 saturated heterocycles. The summed E-state index contributed by atoms with van der Waals surface area (Å²) in [5, 5.41) is 11.8. The zero-order valence-electron chi connectivity index (χ0n) is 13.0. The van der Waals surface area contributed by atoms with Crippen LogP contribution in [0.4, 0.5) is 0 Å². The lowest BCUT2D eigenvalue weighted by atomic mass is 9.91. The van der Waals surface area contributed by atoms with Crippen LogP contribution >= 0.6 is 0 Å². The zero-order chi connectivity index (χ0) is 15.6. The summed E-state index contributed by atoms with van der Waals surface area (Å²) in [5.41, 5.74) is 0.769. The van der Waals surface area contributed by atoms with Gasteiger partial charge >= 0.3 is 0 Å². The fourth-order valence-corrected chi connectivity index (χ4v) is 2.88. The van der Waals surface area contributed by atoms with Gasteiger partial charge < -0.3 is 14.2 Å². The Morgan fingerprint density at radius 3 is 2.81 bits per heavy atom. The summed E-state index contributed by atoms with van der Waals surface area (Å²) in [6.45, 7) is 6.49. The van der Waals surface area contributed by atoms with Crippen molar-refractivity contribution in [3.63, 3.8) is 0 Å². The Balaban J connectivity index is 2.24. The van der Waals surface area contributed by atoms with Gasteiger partial charge in [0.1, 0.15) is 17.7 Å². The van der Waals surface area contributed by atoms with Crippen LogP contribution in [0.3, 0.4) is 0 Å². The summed E-state index contributed by atoms with van der Waals surface area (Å²) >= 11 is 0. The van der Waals surface area contributed by atoms with Crippen molar-refractivity contribution >= 4 is 11.8 Å². The highest BCUT2D eigenvalue weighted by molar-refractivity contribution is 5.89. The van der Waals surface area contributed by atoms with Gasteiger partial charge in [-0.05, 0) is 25.7 Å². The van der Waals surface area contributed by atoms with E-state index in [9.17, 15) is 4.79 Å². The van der Waals surface area contributed by atoms with Crippen LogP contribution < -0.4 is 0 Å². The van der Waals surface area contributed by atoms with Gasteiger partial charge in [-0.3, -0.25) is 10.2 Å². The number of aryl methyl sites for hydroxylation is 1. The van der Waals surface area contributed by atoms with Crippen molar-refractivity contribution in [3.8, 4) is 0 Å². The number of likely N-dealkylation sites (tertiary alicyclic amines) is 1. The molecule has 2 atom stereocenters. The van der Waals surface area contributed by atoms with Crippen LogP contribution in [0.5, 0.6) is 0 Å². The number of ether oxygens (including phenoxy) is 1. The molecule has 116 valence electrons. The van der Waals surface area contributed by atoms with Crippen molar-refractivity contribution in [3.05, 3.63) is 17.5 Å². The topological polar surface area (TPSA) is 79.4 Å². The summed E-state index contributed by atoms with van der Waals surface area (Å²) in [6.07, 6.45) is 1.67. The Morgan fingerprint density at radius 1 is 1.57 bits per heavy atom. The normalized spacial score (nSPS) is 19.9. The second-order valence-corrected chi connectivity index (χ2v) is 5.85. The van der Waals surface area contributed by atoms with Crippen LogP contribution in [-0.2, 0) is 9.53 Å². The molecular weight excluding hydrogens is 270 g/mol. The molecule has 1 fully saturated rings. The van der Waals surface area contributed by atoms with Crippen molar-refractivity contribution in [2.75, 3.05) is 13.7 Å². The highest BCUT2D eigenvalue weighted by Crippen LogP contribution is 2.31. The standard InChI is InChI=1S/C15H23N3O3/c1-9(2)13(12-8-10(3)17-21-12)15(19)18-7-5-6-11(18)14(16)20-4/h8-9,11,13,16H,5-7H2,1-4H3. The summed E-state index contributed by atoms with van der Waals surface area (Å²) in [5.74, 6) is 0.476. The van der Waals surface area contributed by atoms with Crippen molar-refractivity contribution in [2.24, 2.45) is 5.92 Å². The predicted octanol–water partition coefficient (Wildman–Crippen LogP) is 2.34. The summed E-state index contributed by atoms with van der Waals surface area (Å²) in [6, 6.07) is 1.56. The number of hydrogen-bond donors (Lipinski definition) is 1. The Morgan fingerprint density at radius 2 is 2.29 bits per heavy atom. The molecule has 1 aromatic heterocycles. The van der Waals surface area contributed by atoms with E-state index in [1.807, 2.05) is 26.8 Å². The molecule has 2 rings (SSSR count). The average Bonchev–Trinajstić information content (AvgIpc) is 3.06. The minimum absolute atomic E-state index is 0.00884. The molecule has 0 aromatic carbocycles.